The van der Waals surface area contributed by atoms with Crippen molar-refractivity contribution in [1.82, 2.24) is 15.3 Å². The van der Waals surface area contributed by atoms with Gasteiger partial charge >= 0.3 is 0 Å². The molecule has 1 aliphatic rings. The molecule has 0 spiro atoms. The van der Waals surface area contributed by atoms with Gasteiger partial charge in [0.25, 0.3) is 0 Å². The van der Waals surface area contributed by atoms with Crippen LogP contribution in [0.1, 0.15) is 57.7 Å². The van der Waals surface area contributed by atoms with Crippen LogP contribution in [-0.4, -0.2) is 22.6 Å². The molecule has 3 heteroatoms. The van der Waals surface area contributed by atoms with Crippen molar-refractivity contribution in [2.45, 2.75) is 57.9 Å². The maximum Gasteiger partial charge on any atom is 0.110 e. The summed E-state index contributed by atoms with van der Waals surface area (Å²) in [5, 5.41) is 3.64. The second-order valence-corrected chi connectivity index (χ2v) is 5.19. The number of rotatable bonds is 6. The molecule has 3 nitrogen and oxygen atoms in total. The van der Waals surface area contributed by atoms with E-state index < -0.39 is 0 Å². The van der Waals surface area contributed by atoms with E-state index in [1.54, 1.807) is 0 Å². The van der Waals surface area contributed by atoms with E-state index in [2.05, 4.69) is 29.1 Å². The zero-order chi connectivity index (χ0) is 12.1. The van der Waals surface area contributed by atoms with Gasteiger partial charge in [0, 0.05) is 24.4 Å². The van der Waals surface area contributed by atoms with Gasteiger partial charge in [-0.3, -0.25) is 0 Å². The van der Waals surface area contributed by atoms with Crippen molar-refractivity contribution in [2.75, 3.05) is 6.54 Å². The molecule has 2 N–H and O–H groups in total. The molecule has 1 aromatic rings. The molecule has 2 rings (SSSR count). The smallest absolute Gasteiger partial charge is 0.110 e. The third-order valence-corrected chi connectivity index (χ3v) is 4.26. The quantitative estimate of drug-likeness (QED) is 0.795. The Morgan fingerprint density at radius 3 is 2.88 bits per heavy atom. The Bertz CT molecular complexity index is 303. The van der Waals surface area contributed by atoms with E-state index in [1.165, 1.54) is 37.9 Å². The summed E-state index contributed by atoms with van der Waals surface area (Å²) >= 11 is 0. The number of aromatic amines is 1. The third-order valence-electron chi connectivity index (χ3n) is 4.26. The van der Waals surface area contributed by atoms with Crippen molar-refractivity contribution in [1.29, 1.82) is 0 Å². The number of nitrogens with zero attached hydrogens (tertiary/aromatic N) is 1. The molecule has 2 atom stereocenters. The van der Waals surface area contributed by atoms with Crippen LogP contribution >= 0.6 is 0 Å². The molecule has 1 aromatic heterocycles. The number of imidazole rings is 1. The maximum atomic E-state index is 4.42. The molecule has 0 bridgehead atoms. The average molecular weight is 235 g/mol. The lowest BCUT2D eigenvalue weighted by Crippen LogP contribution is -2.27. The Hall–Kier alpha value is -0.830. The van der Waals surface area contributed by atoms with Gasteiger partial charge in [-0.25, -0.2) is 4.98 Å². The van der Waals surface area contributed by atoms with Gasteiger partial charge in [-0.15, -0.1) is 0 Å². The van der Waals surface area contributed by atoms with Crippen molar-refractivity contribution in [3.05, 3.63) is 18.2 Å². The van der Waals surface area contributed by atoms with Crippen molar-refractivity contribution >= 4 is 0 Å². The molecule has 1 fully saturated rings. The minimum Gasteiger partial charge on any atom is -0.348 e. The zero-order valence-corrected chi connectivity index (χ0v) is 11.1. The fourth-order valence-electron chi connectivity index (χ4n) is 2.99. The van der Waals surface area contributed by atoms with Crippen LogP contribution < -0.4 is 5.32 Å². The van der Waals surface area contributed by atoms with E-state index in [4.69, 9.17) is 0 Å². The highest BCUT2D eigenvalue weighted by atomic mass is 15.0. The molecule has 0 aromatic carbocycles. The van der Waals surface area contributed by atoms with E-state index in [-0.39, 0.29) is 0 Å². The number of aromatic nitrogens is 2. The number of H-pyrrole nitrogens is 1. The number of hydrogen-bond acceptors (Lipinski definition) is 2. The first kappa shape index (κ1) is 12.6. The fraction of sp³-hybridized carbons (Fsp3) is 0.786. The first-order valence-corrected chi connectivity index (χ1v) is 7.07. The molecule has 1 unspecified atom stereocenters. The molecule has 96 valence electrons. The van der Waals surface area contributed by atoms with Crippen LogP contribution in [0.5, 0.6) is 0 Å². The van der Waals surface area contributed by atoms with Crippen LogP contribution in [0.3, 0.4) is 0 Å². The Labute approximate surface area is 104 Å². The Morgan fingerprint density at radius 1 is 1.41 bits per heavy atom. The lowest BCUT2D eigenvalue weighted by atomic mass is 9.90. The minimum absolute atomic E-state index is 0.597. The van der Waals surface area contributed by atoms with Crippen molar-refractivity contribution in [2.24, 2.45) is 5.92 Å². The van der Waals surface area contributed by atoms with Gasteiger partial charge in [0.2, 0.25) is 0 Å². The standard InChI is InChI=1S/C14H25N3/c1-3-11(4-2)5-6-13-12(7-8-15-13)14-16-9-10-17-14/h9-13,15H,3-8H2,1-2H3,(H,16,17)/t12-,13?/m1/s1. The monoisotopic (exact) mass is 235 g/mol. The highest BCUT2D eigenvalue weighted by molar-refractivity contribution is 5.05. The normalized spacial score (nSPS) is 24.6. The van der Waals surface area contributed by atoms with Crippen molar-refractivity contribution in [3.8, 4) is 0 Å². The molecule has 1 saturated heterocycles. The molecular weight excluding hydrogens is 210 g/mol. The van der Waals surface area contributed by atoms with Crippen molar-refractivity contribution < 1.29 is 0 Å². The molecule has 0 aliphatic carbocycles. The van der Waals surface area contributed by atoms with Gasteiger partial charge < -0.3 is 10.3 Å². The molecule has 0 radical (unpaired) electrons. The van der Waals surface area contributed by atoms with Crippen LogP contribution in [-0.2, 0) is 0 Å². The highest BCUT2D eigenvalue weighted by Crippen LogP contribution is 2.29. The van der Waals surface area contributed by atoms with Gasteiger partial charge in [-0.05, 0) is 31.7 Å². The summed E-state index contributed by atoms with van der Waals surface area (Å²) in [4.78, 5) is 7.69. The highest BCUT2D eigenvalue weighted by Gasteiger charge is 2.29. The Balaban J connectivity index is 1.87. The molecular formula is C14H25N3. The predicted octanol–water partition coefficient (Wildman–Crippen LogP) is 3.07. The van der Waals surface area contributed by atoms with Crippen LogP contribution in [0.15, 0.2) is 12.4 Å². The summed E-state index contributed by atoms with van der Waals surface area (Å²) in [5.41, 5.74) is 0. The van der Waals surface area contributed by atoms with E-state index in [0.717, 1.165) is 12.5 Å². The van der Waals surface area contributed by atoms with E-state index in [1.807, 2.05) is 12.4 Å². The third kappa shape index (κ3) is 3.09. The van der Waals surface area contributed by atoms with Gasteiger partial charge in [-0.2, -0.15) is 0 Å². The summed E-state index contributed by atoms with van der Waals surface area (Å²) in [6, 6.07) is 0.627. The number of nitrogens with one attached hydrogen (secondary N) is 2. The van der Waals surface area contributed by atoms with Crippen LogP contribution in [0.2, 0.25) is 0 Å². The topological polar surface area (TPSA) is 40.7 Å². The summed E-state index contributed by atoms with van der Waals surface area (Å²) in [6.45, 7) is 5.75. The second kappa shape index (κ2) is 6.20. The van der Waals surface area contributed by atoms with Crippen LogP contribution in [0, 0.1) is 5.92 Å². The van der Waals surface area contributed by atoms with Gasteiger partial charge in [-0.1, -0.05) is 26.7 Å². The first-order valence-electron chi connectivity index (χ1n) is 7.07. The molecule has 0 amide bonds. The summed E-state index contributed by atoms with van der Waals surface area (Å²) in [7, 11) is 0. The lowest BCUT2D eigenvalue weighted by molar-refractivity contribution is 0.387. The predicted molar refractivity (Wildman–Crippen MR) is 71.0 cm³/mol. The first-order chi connectivity index (χ1) is 8.35. The summed E-state index contributed by atoms with van der Waals surface area (Å²) in [5.74, 6) is 2.67. The maximum absolute atomic E-state index is 4.42. The molecule has 17 heavy (non-hydrogen) atoms. The summed E-state index contributed by atoms with van der Waals surface area (Å²) < 4.78 is 0. The van der Waals surface area contributed by atoms with Gasteiger partial charge in [0.1, 0.15) is 5.82 Å². The van der Waals surface area contributed by atoms with Gasteiger partial charge in [0.15, 0.2) is 0 Å². The fourth-order valence-corrected chi connectivity index (χ4v) is 2.99. The van der Waals surface area contributed by atoms with Gasteiger partial charge in [0.05, 0.1) is 0 Å². The largest absolute Gasteiger partial charge is 0.348 e. The average Bonchev–Trinajstić information content (AvgIpc) is 3.00. The lowest BCUT2D eigenvalue weighted by Gasteiger charge is -2.20. The number of hydrogen-bond donors (Lipinski definition) is 2. The summed E-state index contributed by atoms with van der Waals surface area (Å²) in [6.07, 6.45) is 10.3. The SMILES string of the molecule is CCC(CC)CCC1NCC[C@H]1c1ncc[nH]1. The van der Waals surface area contributed by atoms with E-state index >= 15 is 0 Å². The minimum atomic E-state index is 0.597. The van der Waals surface area contributed by atoms with E-state index in [0.29, 0.717) is 12.0 Å². The Kier molecular flexibility index (Phi) is 4.60. The molecule has 1 aliphatic heterocycles. The van der Waals surface area contributed by atoms with E-state index in [9.17, 15) is 0 Å². The van der Waals surface area contributed by atoms with Crippen LogP contribution in [0.4, 0.5) is 0 Å². The zero-order valence-electron chi connectivity index (χ0n) is 11.1. The Morgan fingerprint density at radius 2 is 2.24 bits per heavy atom. The molecule has 0 saturated carbocycles. The second-order valence-electron chi connectivity index (χ2n) is 5.19. The van der Waals surface area contributed by atoms with Crippen LogP contribution in [0.25, 0.3) is 0 Å². The van der Waals surface area contributed by atoms with Crippen molar-refractivity contribution in [3.63, 3.8) is 0 Å². The molecule has 2 heterocycles.